The molecule has 0 aromatic carbocycles. The number of hydrogen-bond donors (Lipinski definition) is 0. The van der Waals surface area contributed by atoms with Crippen LogP contribution < -0.4 is 4.90 Å². The van der Waals surface area contributed by atoms with E-state index in [2.05, 4.69) is 14.9 Å². The molecule has 120 valence electrons. The molecule has 0 aliphatic carbocycles. The number of thioether (sulfide) groups is 1. The van der Waals surface area contributed by atoms with Gasteiger partial charge in [0.05, 0.1) is 12.2 Å². The summed E-state index contributed by atoms with van der Waals surface area (Å²) in [6.07, 6.45) is 1.74. The van der Waals surface area contributed by atoms with Gasteiger partial charge in [-0.05, 0) is 27.7 Å². The second-order valence-electron chi connectivity index (χ2n) is 5.60. The molecule has 0 radical (unpaired) electrons. The topological polar surface area (TPSA) is 72.4 Å². The minimum Gasteiger partial charge on any atom is -0.372 e. The zero-order valence-corrected chi connectivity index (χ0v) is 14.1. The highest BCUT2D eigenvalue weighted by Gasteiger charge is 2.25. The van der Waals surface area contributed by atoms with E-state index in [1.165, 1.54) is 31.9 Å². The van der Waals surface area contributed by atoms with Crippen LogP contribution in [0.15, 0.2) is 17.4 Å². The second kappa shape index (κ2) is 7.19. The van der Waals surface area contributed by atoms with Crippen molar-refractivity contribution in [2.24, 2.45) is 0 Å². The smallest absolute Gasteiger partial charge is 0.150 e. The predicted molar refractivity (Wildman–Crippen MR) is 85.3 cm³/mol. The molecule has 1 aromatic rings. The molecule has 1 aromatic heterocycles. The predicted octanol–water partition coefficient (Wildman–Crippen LogP) is 1.73. The number of carbonyl (C=O) groups excluding carboxylic acids is 2. The summed E-state index contributed by atoms with van der Waals surface area (Å²) in [6.45, 7) is 8.42. The average molecular weight is 323 g/mol. The molecule has 6 nitrogen and oxygen atoms in total. The molecule has 1 fully saturated rings. The number of aromatic nitrogens is 2. The van der Waals surface area contributed by atoms with Crippen LogP contribution >= 0.6 is 11.8 Å². The van der Waals surface area contributed by atoms with E-state index in [9.17, 15) is 9.59 Å². The van der Waals surface area contributed by atoms with Crippen LogP contribution in [0, 0.1) is 0 Å². The van der Waals surface area contributed by atoms with E-state index in [1.54, 1.807) is 0 Å². The van der Waals surface area contributed by atoms with Crippen LogP contribution in [0.1, 0.15) is 27.7 Å². The van der Waals surface area contributed by atoms with Crippen molar-refractivity contribution in [1.82, 2.24) is 9.97 Å². The molecule has 1 aliphatic rings. The number of Topliss-reactive ketones (excluding diaryl/α,β-unsaturated/α-hetero) is 2. The van der Waals surface area contributed by atoms with E-state index in [0.29, 0.717) is 5.03 Å². The van der Waals surface area contributed by atoms with E-state index >= 15 is 0 Å². The Labute approximate surface area is 134 Å². The Balaban J connectivity index is 2.16. The second-order valence-corrected chi connectivity index (χ2v) is 6.72. The third-order valence-corrected chi connectivity index (χ3v) is 4.71. The van der Waals surface area contributed by atoms with Crippen molar-refractivity contribution in [3.8, 4) is 0 Å². The molecule has 0 spiro atoms. The lowest BCUT2D eigenvalue weighted by Crippen LogP contribution is -2.45. The monoisotopic (exact) mass is 323 g/mol. The van der Waals surface area contributed by atoms with E-state index in [1.807, 2.05) is 19.9 Å². The van der Waals surface area contributed by atoms with Gasteiger partial charge < -0.3 is 9.64 Å². The maximum absolute atomic E-state index is 11.6. The Morgan fingerprint density at radius 3 is 2.36 bits per heavy atom. The highest BCUT2D eigenvalue weighted by molar-refractivity contribution is 8.01. The van der Waals surface area contributed by atoms with E-state index in [4.69, 9.17) is 4.74 Å². The Bertz CT molecular complexity index is 543. The number of anilines is 1. The first-order valence-electron chi connectivity index (χ1n) is 7.27. The number of rotatable bonds is 5. The van der Waals surface area contributed by atoms with Gasteiger partial charge in [-0.1, -0.05) is 11.8 Å². The Hall–Kier alpha value is -1.47. The van der Waals surface area contributed by atoms with Crippen molar-refractivity contribution < 1.29 is 14.3 Å². The van der Waals surface area contributed by atoms with Crippen LogP contribution in [-0.4, -0.2) is 52.1 Å². The molecule has 2 unspecified atom stereocenters. The SMILES string of the molecule is CC(=O)C(Sc1cc(N2CC(C)OC(C)C2)ncn1)C(C)=O. The quantitative estimate of drug-likeness (QED) is 0.464. The first kappa shape index (κ1) is 16.9. The first-order chi connectivity index (χ1) is 10.4. The Kier molecular flexibility index (Phi) is 5.52. The van der Waals surface area contributed by atoms with Crippen molar-refractivity contribution in [2.45, 2.75) is 50.2 Å². The summed E-state index contributed by atoms with van der Waals surface area (Å²) < 4.78 is 5.72. The summed E-state index contributed by atoms with van der Waals surface area (Å²) in [4.78, 5) is 33.7. The maximum Gasteiger partial charge on any atom is 0.150 e. The third kappa shape index (κ3) is 4.27. The lowest BCUT2D eigenvalue weighted by Gasteiger charge is -2.36. The fourth-order valence-electron chi connectivity index (χ4n) is 2.51. The lowest BCUT2D eigenvalue weighted by atomic mass is 10.2. The largest absolute Gasteiger partial charge is 0.372 e. The Morgan fingerprint density at radius 1 is 1.23 bits per heavy atom. The fraction of sp³-hybridized carbons (Fsp3) is 0.600. The molecule has 0 amide bonds. The summed E-state index contributed by atoms with van der Waals surface area (Å²) in [5, 5.41) is -0.0718. The molecule has 1 saturated heterocycles. The van der Waals surface area contributed by atoms with Crippen molar-refractivity contribution in [3.63, 3.8) is 0 Å². The molecule has 1 aliphatic heterocycles. The van der Waals surface area contributed by atoms with Gasteiger partial charge >= 0.3 is 0 Å². The number of ether oxygens (including phenoxy) is 1. The Morgan fingerprint density at radius 2 is 1.82 bits per heavy atom. The molecule has 2 heterocycles. The van der Waals surface area contributed by atoms with E-state index < -0.39 is 5.25 Å². The van der Waals surface area contributed by atoms with Gasteiger partial charge in [-0.3, -0.25) is 9.59 Å². The third-order valence-electron chi connectivity index (χ3n) is 3.35. The van der Waals surface area contributed by atoms with Gasteiger partial charge in [0.2, 0.25) is 0 Å². The zero-order chi connectivity index (χ0) is 16.3. The van der Waals surface area contributed by atoms with Crippen LogP contribution in [0.2, 0.25) is 0 Å². The van der Waals surface area contributed by atoms with Gasteiger partial charge in [-0.25, -0.2) is 9.97 Å². The van der Waals surface area contributed by atoms with Crippen molar-refractivity contribution in [2.75, 3.05) is 18.0 Å². The summed E-state index contributed by atoms with van der Waals surface area (Å²) >= 11 is 1.18. The lowest BCUT2D eigenvalue weighted by molar-refractivity contribution is -0.123. The van der Waals surface area contributed by atoms with Gasteiger partial charge in [0.25, 0.3) is 0 Å². The molecule has 0 saturated carbocycles. The summed E-state index contributed by atoms with van der Waals surface area (Å²) in [7, 11) is 0. The molecule has 7 heteroatoms. The minimum absolute atomic E-state index is 0.136. The van der Waals surface area contributed by atoms with Crippen molar-refractivity contribution >= 4 is 29.1 Å². The van der Waals surface area contributed by atoms with Crippen molar-refractivity contribution in [3.05, 3.63) is 12.4 Å². The standard InChI is InChI=1S/C15H21N3O3S/c1-9-6-18(7-10(2)21-9)13-5-14(17-8-16-13)22-15(11(3)19)12(4)20/h5,8-10,15H,6-7H2,1-4H3. The summed E-state index contributed by atoms with van der Waals surface area (Å²) in [5.74, 6) is 0.475. The number of hydrogen-bond acceptors (Lipinski definition) is 7. The molecule has 2 atom stereocenters. The highest BCUT2D eigenvalue weighted by Crippen LogP contribution is 2.26. The highest BCUT2D eigenvalue weighted by atomic mass is 32.2. The number of morpholine rings is 1. The normalized spacial score (nSPS) is 22.0. The van der Waals surface area contributed by atoms with Gasteiger partial charge in [0.1, 0.15) is 22.4 Å². The van der Waals surface area contributed by atoms with E-state index in [0.717, 1.165) is 18.9 Å². The minimum atomic E-state index is -0.703. The molecular formula is C15H21N3O3S. The first-order valence-corrected chi connectivity index (χ1v) is 8.14. The zero-order valence-electron chi connectivity index (χ0n) is 13.3. The number of carbonyl (C=O) groups is 2. The molecule has 0 bridgehead atoms. The number of nitrogens with zero attached hydrogens (tertiary/aromatic N) is 3. The van der Waals surface area contributed by atoms with E-state index in [-0.39, 0.29) is 23.8 Å². The van der Waals surface area contributed by atoms with Crippen LogP contribution in [0.5, 0.6) is 0 Å². The molecular weight excluding hydrogens is 302 g/mol. The van der Waals surface area contributed by atoms with Gasteiger partial charge in [-0.15, -0.1) is 0 Å². The maximum atomic E-state index is 11.6. The number of ketones is 2. The van der Waals surface area contributed by atoms with Gasteiger partial charge in [0.15, 0.2) is 11.6 Å². The molecule has 0 N–H and O–H groups in total. The van der Waals surface area contributed by atoms with Crippen LogP contribution in [0.3, 0.4) is 0 Å². The summed E-state index contributed by atoms with van der Waals surface area (Å²) in [6, 6.07) is 1.83. The van der Waals surface area contributed by atoms with Crippen LogP contribution in [-0.2, 0) is 14.3 Å². The van der Waals surface area contributed by atoms with Gasteiger partial charge in [0, 0.05) is 19.2 Å². The van der Waals surface area contributed by atoms with Crippen LogP contribution in [0.25, 0.3) is 0 Å². The van der Waals surface area contributed by atoms with Gasteiger partial charge in [-0.2, -0.15) is 0 Å². The summed E-state index contributed by atoms with van der Waals surface area (Å²) in [5.41, 5.74) is 0. The molecule has 22 heavy (non-hydrogen) atoms. The average Bonchev–Trinajstić information content (AvgIpc) is 2.43. The van der Waals surface area contributed by atoms with Crippen LogP contribution in [0.4, 0.5) is 5.82 Å². The fourth-order valence-corrected chi connectivity index (χ4v) is 3.36. The molecule has 2 rings (SSSR count). The van der Waals surface area contributed by atoms with Crippen molar-refractivity contribution in [1.29, 1.82) is 0 Å².